The highest BCUT2D eigenvalue weighted by Crippen LogP contribution is 2.74. The molecule has 32 heavy (non-hydrogen) atoms. The van der Waals surface area contributed by atoms with Crippen molar-refractivity contribution in [3.63, 3.8) is 0 Å². The molecule has 0 saturated heterocycles. The van der Waals surface area contributed by atoms with Crippen LogP contribution < -0.4 is 0 Å². The lowest BCUT2D eigenvalue weighted by atomic mass is 9.35. The Bertz CT molecular complexity index is 868. The molecule has 3 fully saturated rings. The minimum absolute atomic E-state index is 0.000731. The maximum absolute atomic E-state index is 10.9. The van der Waals surface area contributed by atoms with E-state index in [1.807, 2.05) is 0 Å². The molecule has 2 N–H and O–H groups in total. The SMILES string of the molecule is CC1(C)[C@@H](O)CC[C@]2(C)[C@H]3C=CC4=C5C[C@@](C)(CO)CC[C@]5(C)CC[C@@]4(C)[C@]3(C)CC[C@@H]12. The van der Waals surface area contributed by atoms with E-state index in [4.69, 9.17) is 0 Å². The molecule has 2 heteroatoms. The van der Waals surface area contributed by atoms with Gasteiger partial charge in [-0.3, -0.25) is 0 Å². The van der Waals surface area contributed by atoms with Crippen molar-refractivity contribution in [2.45, 2.75) is 112 Å². The van der Waals surface area contributed by atoms with Crippen LogP contribution in [0.3, 0.4) is 0 Å². The van der Waals surface area contributed by atoms with Gasteiger partial charge < -0.3 is 10.2 Å². The fourth-order valence-electron chi connectivity index (χ4n) is 9.88. The van der Waals surface area contributed by atoms with E-state index in [0.29, 0.717) is 23.9 Å². The minimum atomic E-state index is -0.167. The third kappa shape index (κ3) is 2.72. The Kier molecular flexibility index (Phi) is 4.88. The molecule has 0 aliphatic heterocycles. The Morgan fingerprint density at radius 3 is 2.25 bits per heavy atom. The molecule has 0 spiro atoms. The van der Waals surface area contributed by atoms with Crippen LogP contribution in [-0.2, 0) is 0 Å². The fraction of sp³-hybridized carbons (Fsp3) is 0.867. The summed E-state index contributed by atoms with van der Waals surface area (Å²) >= 11 is 0. The van der Waals surface area contributed by atoms with E-state index in [1.165, 1.54) is 32.1 Å². The number of fused-ring (bicyclic) bond motifs is 6. The summed E-state index contributed by atoms with van der Waals surface area (Å²) in [6.45, 7) is 17.6. The van der Waals surface area contributed by atoms with Crippen molar-refractivity contribution >= 4 is 0 Å². The van der Waals surface area contributed by atoms with Gasteiger partial charge in [-0.25, -0.2) is 0 Å². The van der Waals surface area contributed by atoms with Crippen LogP contribution in [0.25, 0.3) is 0 Å². The first-order valence-corrected chi connectivity index (χ1v) is 13.5. The first kappa shape index (κ1) is 23.2. The topological polar surface area (TPSA) is 40.5 Å². The van der Waals surface area contributed by atoms with E-state index in [-0.39, 0.29) is 33.2 Å². The number of hydrogen-bond donors (Lipinski definition) is 2. The van der Waals surface area contributed by atoms with Gasteiger partial charge in [0.25, 0.3) is 0 Å². The predicted octanol–water partition coefficient (Wildman–Crippen LogP) is 7.06. The van der Waals surface area contributed by atoms with Gasteiger partial charge in [0.15, 0.2) is 0 Å². The molecule has 0 heterocycles. The number of allylic oxidation sites excluding steroid dienone is 4. The van der Waals surface area contributed by atoms with Crippen molar-refractivity contribution in [3.05, 3.63) is 23.3 Å². The first-order valence-electron chi connectivity index (χ1n) is 13.5. The summed E-state index contributed by atoms with van der Waals surface area (Å²) < 4.78 is 0. The summed E-state index contributed by atoms with van der Waals surface area (Å²) in [7, 11) is 0. The summed E-state index contributed by atoms with van der Waals surface area (Å²) in [4.78, 5) is 0. The third-order valence-corrected chi connectivity index (χ3v) is 12.7. The number of aliphatic hydroxyl groups excluding tert-OH is 2. The van der Waals surface area contributed by atoms with E-state index in [9.17, 15) is 10.2 Å². The molecule has 0 aromatic heterocycles. The predicted molar refractivity (Wildman–Crippen MR) is 132 cm³/mol. The minimum Gasteiger partial charge on any atom is -0.396 e. The van der Waals surface area contributed by atoms with E-state index >= 15 is 0 Å². The molecule has 5 aliphatic carbocycles. The lowest BCUT2D eigenvalue weighted by molar-refractivity contribution is -0.182. The van der Waals surface area contributed by atoms with E-state index in [2.05, 4.69) is 60.6 Å². The highest BCUT2D eigenvalue weighted by Gasteiger charge is 2.66. The molecule has 0 aromatic carbocycles. The van der Waals surface area contributed by atoms with Gasteiger partial charge in [-0.05, 0) is 108 Å². The lowest BCUT2D eigenvalue weighted by Gasteiger charge is -2.69. The van der Waals surface area contributed by atoms with Crippen LogP contribution in [0.1, 0.15) is 106 Å². The zero-order valence-electron chi connectivity index (χ0n) is 21.9. The quantitative estimate of drug-likeness (QED) is 0.458. The van der Waals surface area contributed by atoms with Gasteiger partial charge in [-0.2, -0.15) is 0 Å². The van der Waals surface area contributed by atoms with Crippen molar-refractivity contribution in [1.29, 1.82) is 0 Å². The lowest BCUT2D eigenvalue weighted by Crippen LogP contribution is -2.63. The molecule has 0 unspecified atom stereocenters. The van der Waals surface area contributed by atoms with Crippen LogP contribution in [-0.4, -0.2) is 22.9 Å². The van der Waals surface area contributed by atoms with Crippen molar-refractivity contribution in [2.75, 3.05) is 6.61 Å². The van der Waals surface area contributed by atoms with Gasteiger partial charge in [0, 0.05) is 6.61 Å². The van der Waals surface area contributed by atoms with Gasteiger partial charge in [0.1, 0.15) is 0 Å². The zero-order chi connectivity index (χ0) is 23.4. The van der Waals surface area contributed by atoms with Crippen molar-refractivity contribution in [1.82, 2.24) is 0 Å². The molecule has 180 valence electrons. The Hall–Kier alpha value is -0.600. The highest BCUT2D eigenvalue weighted by atomic mass is 16.3. The summed E-state index contributed by atoms with van der Waals surface area (Å²) in [6.07, 6.45) is 15.6. The molecule has 0 radical (unpaired) electrons. The molecule has 0 aromatic rings. The molecule has 0 bridgehead atoms. The second-order valence-corrected chi connectivity index (χ2v) is 14.7. The van der Waals surface area contributed by atoms with Gasteiger partial charge in [-0.15, -0.1) is 0 Å². The van der Waals surface area contributed by atoms with Gasteiger partial charge in [0.05, 0.1) is 6.10 Å². The second kappa shape index (κ2) is 6.75. The molecule has 0 amide bonds. The third-order valence-electron chi connectivity index (χ3n) is 12.7. The summed E-state index contributed by atoms with van der Waals surface area (Å²) in [5.41, 5.74) is 4.41. The highest BCUT2D eigenvalue weighted by molar-refractivity contribution is 5.45. The zero-order valence-corrected chi connectivity index (χ0v) is 21.9. The van der Waals surface area contributed by atoms with Crippen molar-refractivity contribution in [3.8, 4) is 0 Å². The molecule has 8 atom stereocenters. The molecule has 3 saturated carbocycles. The number of rotatable bonds is 1. The van der Waals surface area contributed by atoms with Gasteiger partial charge in [-0.1, -0.05) is 66.2 Å². The summed E-state index contributed by atoms with van der Waals surface area (Å²) in [6, 6.07) is 0. The van der Waals surface area contributed by atoms with Crippen LogP contribution in [0.15, 0.2) is 23.3 Å². The second-order valence-electron chi connectivity index (χ2n) is 14.7. The Morgan fingerprint density at radius 1 is 0.875 bits per heavy atom. The Balaban J connectivity index is 1.64. The maximum atomic E-state index is 10.9. The average molecular weight is 441 g/mol. The van der Waals surface area contributed by atoms with E-state index in [1.54, 1.807) is 11.1 Å². The monoisotopic (exact) mass is 440 g/mol. The largest absolute Gasteiger partial charge is 0.396 e. The van der Waals surface area contributed by atoms with Crippen molar-refractivity contribution < 1.29 is 10.2 Å². The fourth-order valence-corrected chi connectivity index (χ4v) is 9.88. The first-order chi connectivity index (χ1) is 14.8. The number of aliphatic hydroxyl groups is 2. The van der Waals surface area contributed by atoms with E-state index in [0.717, 1.165) is 25.7 Å². The van der Waals surface area contributed by atoms with Crippen LogP contribution in [0.5, 0.6) is 0 Å². The van der Waals surface area contributed by atoms with E-state index < -0.39 is 0 Å². The molecule has 2 nitrogen and oxygen atoms in total. The number of hydrogen-bond acceptors (Lipinski definition) is 2. The molecular weight excluding hydrogens is 392 g/mol. The Labute approximate surface area is 197 Å². The van der Waals surface area contributed by atoms with Crippen LogP contribution in [0, 0.1) is 44.3 Å². The maximum Gasteiger partial charge on any atom is 0.0594 e. The Morgan fingerprint density at radius 2 is 1.56 bits per heavy atom. The molecule has 5 aliphatic rings. The van der Waals surface area contributed by atoms with Gasteiger partial charge >= 0.3 is 0 Å². The van der Waals surface area contributed by atoms with Crippen LogP contribution >= 0.6 is 0 Å². The normalized spacial score (nSPS) is 54.3. The molecular formula is C30H48O2. The summed E-state index contributed by atoms with van der Waals surface area (Å²) in [5.74, 6) is 1.16. The van der Waals surface area contributed by atoms with Crippen LogP contribution in [0.2, 0.25) is 0 Å². The molecule has 5 rings (SSSR count). The smallest absolute Gasteiger partial charge is 0.0594 e. The standard InChI is InChI=1S/C30H48O2/c1-25(2)22-10-13-30(7)23(28(22,5)12-11-24(25)32)9-8-20-21-18-26(3,19-31)14-15-27(21,4)16-17-29(20,30)6/h8-9,22-24,31-32H,10-19H2,1-7H3/t22-,23+,24-,26-,27+,28-,29+,30+/m0/s1. The average Bonchev–Trinajstić information content (AvgIpc) is 2.73. The van der Waals surface area contributed by atoms with Crippen molar-refractivity contribution in [2.24, 2.45) is 44.3 Å². The van der Waals surface area contributed by atoms with Crippen LogP contribution in [0.4, 0.5) is 0 Å². The van der Waals surface area contributed by atoms with Gasteiger partial charge in [0.2, 0.25) is 0 Å². The summed E-state index contributed by atoms with van der Waals surface area (Å²) in [5, 5.41) is 21.1.